The summed E-state index contributed by atoms with van der Waals surface area (Å²) in [4.78, 5) is 32.4. The first-order valence-electron chi connectivity index (χ1n) is 11.6. The maximum Gasteiger partial charge on any atom is 0.328 e. The van der Waals surface area contributed by atoms with Crippen molar-refractivity contribution in [2.24, 2.45) is 0 Å². The van der Waals surface area contributed by atoms with Crippen LogP contribution in [0.15, 0.2) is 97.3 Å². The Labute approximate surface area is 221 Å². The van der Waals surface area contributed by atoms with E-state index >= 15 is 0 Å². The first kappa shape index (κ1) is 25.7. The number of carbonyl (C=O) groups is 2. The van der Waals surface area contributed by atoms with Crippen LogP contribution in [0.2, 0.25) is 5.02 Å². The molecule has 0 atom stereocenters. The van der Waals surface area contributed by atoms with Gasteiger partial charge in [-0.25, -0.2) is 4.79 Å². The molecule has 0 aliphatic rings. The van der Waals surface area contributed by atoms with Gasteiger partial charge < -0.3 is 14.9 Å². The summed E-state index contributed by atoms with van der Waals surface area (Å²) in [5.41, 5.74) is 5.50. The number of aromatic nitrogens is 1. The van der Waals surface area contributed by atoms with Crippen LogP contribution in [0.3, 0.4) is 0 Å². The second kappa shape index (κ2) is 11.5. The number of hydrogen-bond donors (Lipinski definition) is 1. The van der Waals surface area contributed by atoms with Crippen molar-refractivity contribution in [3.63, 3.8) is 0 Å². The number of amides is 1. The summed E-state index contributed by atoms with van der Waals surface area (Å²) >= 11 is 6.72. The summed E-state index contributed by atoms with van der Waals surface area (Å²) in [6.45, 7) is 0.209. The molecule has 0 aliphatic carbocycles. The number of carbonyl (C=O) groups excluding carboxylic acids is 1. The molecular formula is C30H26ClN3O3. The van der Waals surface area contributed by atoms with Crippen molar-refractivity contribution in [2.75, 3.05) is 23.9 Å². The zero-order valence-electron chi connectivity index (χ0n) is 20.5. The second-order valence-corrected chi connectivity index (χ2v) is 9.06. The number of carboxylic acid groups (broad SMARTS) is 1. The Morgan fingerprint density at radius 2 is 1.59 bits per heavy atom. The number of aliphatic carboxylic acids is 1. The minimum Gasteiger partial charge on any atom is -0.478 e. The number of halogens is 1. The number of nitrogens with zero attached hydrogens (tertiary/aromatic N) is 3. The van der Waals surface area contributed by atoms with Crippen LogP contribution in [-0.2, 0) is 11.3 Å². The van der Waals surface area contributed by atoms with E-state index in [4.69, 9.17) is 16.7 Å². The van der Waals surface area contributed by atoms with Gasteiger partial charge in [-0.15, -0.1) is 0 Å². The van der Waals surface area contributed by atoms with Gasteiger partial charge >= 0.3 is 5.97 Å². The number of rotatable bonds is 8. The molecule has 37 heavy (non-hydrogen) atoms. The maximum absolute atomic E-state index is 13.6. The molecule has 0 fully saturated rings. The van der Waals surface area contributed by atoms with Gasteiger partial charge in [0.1, 0.15) is 0 Å². The van der Waals surface area contributed by atoms with Gasteiger partial charge in [0.2, 0.25) is 0 Å². The van der Waals surface area contributed by atoms with Gasteiger partial charge in [0.05, 0.1) is 18.4 Å². The molecule has 1 amide bonds. The summed E-state index contributed by atoms with van der Waals surface area (Å²) in [7, 11) is 3.99. The topological polar surface area (TPSA) is 73.7 Å². The molecule has 7 heteroatoms. The van der Waals surface area contributed by atoms with E-state index in [1.54, 1.807) is 41.4 Å². The smallest absolute Gasteiger partial charge is 0.328 e. The van der Waals surface area contributed by atoms with Crippen LogP contribution >= 0.6 is 11.6 Å². The molecule has 0 radical (unpaired) electrons. The van der Waals surface area contributed by atoms with Crippen LogP contribution in [-0.4, -0.2) is 36.1 Å². The average Bonchev–Trinajstić information content (AvgIpc) is 2.91. The molecule has 1 heterocycles. The van der Waals surface area contributed by atoms with Crippen LogP contribution in [0.1, 0.15) is 21.5 Å². The van der Waals surface area contributed by atoms with Gasteiger partial charge in [0, 0.05) is 42.6 Å². The molecule has 1 N–H and O–H groups in total. The highest BCUT2D eigenvalue weighted by atomic mass is 35.5. The lowest BCUT2D eigenvalue weighted by Gasteiger charge is -2.24. The van der Waals surface area contributed by atoms with Gasteiger partial charge in [-0.1, -0.05) is 54.1 Å². The lowest BCUT2D eigenvalue weighted by atomic mass is 10.0. The van der Waals surface area contributed by atoms with E-state index in [2.05, 4.69) is 17.1 Å². The SMILES string of the molecule is CN(C)c1ccc(-c2ccc(CN(C(=O)c3ccccc3)c3cncc(C=CC(=O)O)c3)c(Cl)c2)cc1. The van der Waals surface area contributed by atoms with E-state index in [-0.39, 0.29) is 12.5 Å². The van der Waals surface area contributed by atoms with E-state index in [0.717, 1.165) is 28.5 Å². The van der Waals surface area contributed by atoms with Crippen molar-refractivity contribution in [2.45, 2.75) is 6.54 Å². The van der Waals surface area contributed by atoms with Crippen molar-refractivity contribution in [1.82, 2.24) is 4.98 Å². The van der Waals surface area contributed by atoms with Crippen molar-refractivity contribution in [3.05, 3.63) is 119 Å². The molecule has 186 valence electrons. The third-order valence-electron chi connectivity index (χ3n) is 5.84. The minimum absolute atomic E-state index is 0.209. The standard InChI is InChI=1S/C30H26ClN3O3/c1-33(2)26-13-11-22(12-14-26)24-9-10-25(28(31)17-24)20-34(30(37)23-6-4-3-5-7-23)27-16-21(18-32-19-27)8-15-29(35)36/h3-19H,20H2,1-2H3,(H,35,36). The van der Waals surface area contributed by atoms with Gasteiger partial charge in [-0.2, -0.15) is 0 Å². The quantitative estimate of drug-likeness (QED) is 0.276. The number of hydrogen-bond acceptors (Lipinski definition) is 4. The largest absolute Gasteiger partial charge is 0.478 e. The molecule has 0 unspecified atom stereocenters. The Kier molecular flexibility index (Phi) is 8.01. The highest BCUT2D eigenvalue weighted by Gasteiger charge is 2.20. The predicted molar refractivity (Wildman–Crippen MR) is 149 cm³/mol. The number of pyridine rings is 1. The first-order chi connectivity index (χ1) is 17.8. The van der Waals surface area contributed by atoms with E-state index in [9.17, 15) is 9.59 Å². The van der Waals surface area contributed by atoms with Crippen molar-refractivity contribution in [3.8, 4) is 11.1 Å². The molecule has 0 spiro atoms. The molecule has 0 bridgehead atoms. The fourth-order valence-electron chi connectivity index (χ4n) is 3.85. The van der Waals surface area contributed by atoms with Crippen LogP contribution < -0.4 is 9.80 Å². The van der Waals surface area contributed by atoms with E-state index in [1.165, 1.54) is 12.3 Å². The Balaban J connectivity index is 1.67. The van der Waals surface area contributed by atoms with E-state index < -0.39 is 5.97 Å². The normalized spacial score (nSPS) is 10.9. The van der Waals surface area contributed by atoms with E-state index in [1.807, 2.05) is 55.4 Å². The monoisotopic (exact) mass is 511 g/mol. The van der Waals surface area contributed by atoms with Gasteiger partial charge in [0.15, 0.2) is 0 Å². The zero-order chi connectivity index (χ0) is 26.4. The molecular weight excluding hydrogens is 486 g/mol. The summed E-state index contributed by atoms with van der Waals surface area (Å²) in [5, 5.41) is 9.51. The molecule has 4 rings (SSSR count). The molecule has 6 nitrogen and oxygen atoms in total. The molecule has 4 aromatic rings. The molecule has 0 saturated heterocycles. The van der Waals surface area contributed by atoms with Crippen molar-refractivity contribution < 1.29 is 14.7 Å². The number of anilines is 2. The van der Waals surface area contributed by atoms with Crippen LogP contribution in [0, 0.1) is 0 Å². The molecule has 0 aliphatic heterocycles. The number of carboxylic acids is 1. The lowest BCUT2D eigenvalue weighted by Crippen LogP contribution is -2.30. The first-order valence-corrected chi connectivity index (χ1v) is 12.0. The number of benzene rings is 3. The second-order valence-electron chi connectivity index (χ2n) is 8.65. The fourth-order valence-corrected chi connectivity index (χ4v) is 4.09. The molecule has 0 saturated carbocycles. The zero-order valence-corrected chi connectivity index (χ0v) is 21.3. The van der Waals surface area contributed by atoms with Crippen LogP contribution in [0.5, 0.6) is 0 Å². The van der Waals surface area contributed by atoms with Crippen molar-refractivity contribution >= 4 is 40.9 Å². The summed E-state index contributed by atoms with van der Waals surface area (Å²) < 4.78 is 0. The predicted octanol–water partition coefficient (Wildman–Crippen LogP) is 6.41. The minimum atomic E-state index is -1.06. The highest BCUT2D eigenvalue weighted by Crippen LogP contribution is 2.30. The van der Waals surface area contributed by atoms with Crippen LogP contribution in [0.25, 0.3) is 17.2 Å². The van der Waals surface area contributed by atoms with Gasteiger partial charge in [0.25, 0.3) is 5.91 Å². The lowest BCUT2D eigenvalue weighted by molar-refractivity contribution is -0.131. The Hall–Kier alpha value is -4.42. The Morgan fingerprint density at radius 3 is 2.24 bits per heavy atom. The van der Waals surface area contributed by atoms with Crippen molar-refractivity contribution in [1.29, 1.82) is 0 Å². The Bertz CT molecular complexity index is 1430. The van der Waals surface area contributed by atoms with Gasteiger partial charge in [-0.05, 0) is 64.7 Å². The average molecular weight is 512 g/mol. The van der Waals surface area contributed by atoms with Crippen LogP contribution in [0.4, 0.5) is 11.4 Å². The Morgan fingerprint density at radius 1 is 0.892 bits per heavy atom. The third-order valence-corrected chi connectivity index (χ3v) is 6.19. The third kappa shape index (κ3) is 6.42. The summed E-state index contributed by atoms with van der Waals surface area (Å²) in [6.07, 6.45) is 5.59. The molecule has 1 aromatic heterocycles. The maximum atomic E-state index is 13.6. The molecule has 3 aromatic carbocycles. The summed E-state index contributed by atoms with van der Waals surface area (Å²) in [5.74, 6) is -1.29. The van der Waals surface area contributed by atoms with E-state index in [0.29, 0.717) is 21.8 Å². The fraction of sp³-hybridized carbons (Fsp3) is 0.100. The highest BCUT2D eigenvalue weighted by molar-refractivity contribution is 6.31. The van der Waals surface area contributed by atoms with Gasteiger partial charge in [-0.3, -0.25) is 9.78 Å². The summed E-state index contributed by atoms with van der Waals surface area (Å²) in [6, 6.07) is 24.7.